The van der Waals surface area contributed by atoms with Crippen molar-refractivity contribution in [3.05, 3.63) is 17.5 Å². The molecule has 2 heterocycles. The molecule has 1 saturated heterocycles. The maximum atomic E-state index is 11.7. The minimum absolute atomic E-state index is 0.121. The Morgan fingerprint density at radius 3 is 2.85 bits per heavy atom. The lowest BCUT2D eigenvalue weighted by atomic mass is 9.94. The molecule has 0 amide bonds. The molecule has 5 nitrogen and oxygen atoms in total. The number of hydrogen-bond donors (Lipinski definition) is 1. The second kappa shape index (κ2) is 4.88. The van der Waals surface area contributed by atoms with Crippen molar-refractivity contribution in [1.82, 2.24) is 14.7 Å². The minimum Gasteiger partial charge on any atom is -0.480 e. The van der Waals surface area contributed by atoms with Crippen molar-refractivity contribution in [3.8, 4) is 0 Å². The average Bonchev–Trinajstić information content (AvgIpc) is 3.00. The zero-order valence-corrected chi connectivity index (χ0v) is 12.4. The topological polar surface area (TPSA) is 58.4 Å². The fourth-order valence-electron chi connectivity index (χ4n) is 4.27. The average molecular weight is 277 g/mol. The van der Waals surface area contributed by atoms with E-state index in [4.69, 9.17) is 0 Å². The SMILES string of the molecule is Cc1nn(C)cc1C(C)N1CC2CCCC2C1C(=O)O. The van der Waals surface area contributed by atoms with Gasteiger partial charge in [-0.25, -0.2) is 0 Å². The summed E-state index contributed by atoms with van der Waals surface area (Å²) in [5.74, 6) is 0.246. The molecule has 0 aromatic carbocycles. The summed E-state index contributed by atoms with van der Waals surface area (Å²) in [7, 11) is 1.91. The van der Waals surface area contributed by atoms with Crippen molar-refractivity contribution in [3.63, 3.8) is 0 Å². The van der Waals surface area contributed by atoms with Crippen LogP contribution in [-0.4, -0.2) is 38.3 Å². The van der Waals surface area contributed by atoms with Gasteiger partial charge in [0.25, 0.3) is 0 Å². The maximum Gasteiger partial charge on any atom is 0.321 e. The summed E-state index contributed by atoms with van der Waals surface area (Å²) in [5.41, 5.74) is 2.15. The van der Waals surface area contributed by atoms with Gasteiger partial charge in [-0.15, -0.1) is 0 Å². The number of rotatable bonds is 3. The first-order chi connectivity index (χ1) is 9.49. The normalized spacial score (nSPS) is 31.4. The van der Waals surface area contributed by atoms with E-state index in [9.17, 15) is 9.90 Å². The summed E-state index contributed by atoms with van der Waals surface area (Å²) in [6, 6.07) is -0.201. The van der Waals surface area contributed by atoms with Crippen LogP contribution in [0, 0.1) is 18.8 Å². The lowest BCUT2D eigenvalue weighted by Gasteiger charge is -2.30. The van der Waals surface area contributed by atoms with Crippen molar-refractivity contribution in [2.24, 2.45) is 18.9 Å². The fourth-order valence-corrected chi connectivity index (χ4v) is 4.27. The first-order valence-corrected chi connectivity index (χ1v) is 7.47. The van der Waals surface area contributed by atoms with E-state index in [1.807, 2.05) is 24.9 Å². The predicted octanol–water partition coefficient (Wildman–Crippen LogP) is 1.97. The smallest absolute Gasteiger partial charge is 0.321 e. The molecular formula is C15H23N3O2. The monoisotopic (exact) mass is 277 g/mol. The van der Waals surface area contributed by atoms with E-state index in [-0.39, 0.29) is 12.1 Å². The number of aryl methyl sites for hydroxylation is 2. The Hall–Kier alpha value is -1.36. The number of carboxylic acids is 1. The number of carboxylic acid groups (broad SMARTS) is 1. The van der Waals surface area contributed by atoms with Crippen LogP contribution >= 0.6 is 0 Å². The third kappa shape index (κ3) is 2.04. The number of hydrogen-bond acceptors (Lipinski definition) is 3. The number of carbonyl (C=O) groups is 1. The second-order valence-electron chi connectivity index (χ2n) is 6.35. The number of likely N-dealkylation sites (tertiary alicyclic amines) is 1. The number of aromatic nitrogens is 2. The molecule has 1 aromatic rings. The molecule has 4 atom stereocenters. The molecule has 2 fully saturated rings. The second-order valence-corrected chi connectivity index (χ2v) is 6.35. The molecule has 110 valence electrons. The van der Waals surface area contributed by atoms with Crippen molar-refractivity contribution < 1.29 is 9.90 Å². The lowest BCUT2D eigenvalue weighted by molar-refractivity contribution is -0.144. The van der Waals surface area contributed by atoms with Gasteiger partial charge in [0.15, 0.2) is 0 Å². The van der Waals surface area contributed by atoms with E-state index >= 15 is 0 Å². The van der Waals surface area contributed by atoms with E-state index in [0.29, 0.717) is 11.8 Å². The molecule has 0 radical (unpaired) electrons. The first-order valence-electron chi connectivity index (χ1n) is 7.47. The van der Waals surface area contributed by atoms with Crippen molar-refractivity contribution in [1.29, 1.82) is 0 Å². The van der Waals surface area contributed by atoms with E-state index in [0.717, 1.165) is 24.2 Å². The first kappa shape index (κ1) is 13.6. The van der Waals surface area contributed by atoms with E-state index in [1.54, 1.807) is 0 Å². The van der Waals surface area contributed by atoms with Crippen LogP contribution in [0.1, 0.15) is 43.5 Å². The molecule has 3 rings (SSSR count). The third-order valence-corrected chi connectivity index (χ3v) is 5.18. The maximum absolute atomic E-state index is 11.7. The number of fused-ring (bicyclic) bond motifs is 1. The van der Waals surface area contributed by atoms with Crippen molar-refractivity contribution in [2.75, 3.05) is 6.54 Å². The Bertz CT molecular complexity index is 525. The summed E-state index contributed by atoms with van der Waals surface area (Å²) in [4.78, 5) is 13.9. The largest absolute Gasteiger partial charge is 0.480 e. The van der Waals surface area contributed by atoms with Gasteiger partial charge in [-0.3, -0.25) is 14.4 Å². The molecule has 1 saturated carbocycles. The van der Waals surface area contributed by atoms with Gasteiger partial charge in [0.05, 0.1) is 5.69 Å². The van der Waals surface area contributed by atoms with Crippen LogP contribution in [0.15, 0.2) is 6.20 Å². The van der Waals surface area contributed by atoms with Gasteiger partial charge in [-0.1, -0.05) is 6.42 Å². The van der Waals surface area contributed by atoms with Crippen molar-refractivity contribution >= 4 is 5.97 Å². The molecule has 1 aliphatic heterocycles. The number of nitrogens with zero attached hydrogens (tertiary/aromatic N) is 3. The molecule has 0 bridgehead atoms. The van der Waals surface area contributed by atoms with Crippen LogP contribution in [0.3, 0.4) is 0 Å². The fraction of sp³-hybridized carbons (Fsp3) is 0.733. The molecule has 1 aromatic heterocycles. The summed E-state index contributed by atoms with van der Waals surface area (Å²) in [6.45, 7) is 5.02. The van der Waals surface area contributed by atoms with Gasteiger partial charge < -0.3 is 5.11 Å². The van der Waals surface area contributed by atoms with Crippen LogP contribution in [0.25, 0.3) is 0 Å². The van der Waals surface area contributed by atoms with E-state index in [2.05, 4.69) is 16.9 Å². The van der Waals surface area contributed by atoms with Gasteiger partial charge in [0.2, 0.25) is 0 Å². The molecular weight excluding hydrogens is 254 g/mol. The van der Waals surface area contributed by atoms with Crippen molar-refractivity contribution in [2.45, 2.75) is 45.2 Å². The highest BCUT2D eigenvalue weighted by Gasteiger charge is 2.49. The summed E-state index contributed by atoms with van der Waals surface area (Å²) >= 11 is 0. The van der Waals surface area contributed by atoms with Gasteiger partial charge >= 0.3 is 5.97 Å². The zero-order chi connectivity index (χ0) is 14.4. The molecule has 1 N–H and O–H groups in total. The van der Waals surface area contributed by atoms with Crippen LogP contribution in [0.2, 0.25) is 0 Å². The Labute approximate surface area is 119 Å². The summed E-state index contributed by atoms with van der Waals surface area (Å²) < 4.78 is 1.81. The Morgan fingerprint density at radius 2 is 2.25 bits per heavy atom. The summed E-state index contributed by atoms with van der Waals surface area (Å²) in [6.07, 6.45) is 5.46. The Morgan fingerprint density at radius 1 is 1.50 bits per heavy atom. The molecule has 0 spiro atoms. The molecule has 1 aliphatic carbocycles. The quantitative estimate of drug-likeness (QED) is 0.917. The van der Waals surface area contributed by atoms with Crippen LogP contribution < -0.4 is 0 Å². The summed E-state index contributed by atoms with van der Waals surface area (Å²) in [5, 5.41) is 14.0. The third-order valence-electron chi connectivity index (χ3n) is 5.18. The van der Waals surface area contributed by atoms with E-state index < -0.39 is 5.97 Å². The van der Waals surface area contributed by atoms with Crippen LogP contribution in [0.4, 0.5) is 0 Å². The lowest BCUT2D eigenvalue weighted by Crippen LogP contribution is -2.41. The van der Waals surface area contributed by atoms with Crippen LogP contribution in [0.5, 0.6) is 0 Å². The highest BCUT2D eigenvalue weighted by molar-refractivity contribution is 5.74. The Balaban J connectivity index is 1.88. The minimum atomic E-state index is -0.659. The van der Waals surface area contributed by atoms with Gasteiger partial charge in [0.1, 0.15) is 6.04 Å². The van der Waals surface area contributed by atoms with Crippen LogP contribution in [-0.2, 0) is 11.8 Å². The molecule has 20 heavy (non-hydrogen) atoms. The molecule has 4 unspecified atom stereocenters. The molecule has 5 heteroatoms. The number of aliphatic carboxylic acids is 1. The van der Waals surface area contributed by atoms with Gasteiger partial charge in [0, 0.05) is 31.4 Å². The Kier molecular flexibility index (Phi) is 3.32. The zero-order valence-electron chi connectivity index (χ0n) is 12.4. The van der Waals surface area contributed by atoms with Gasteiger partial charge in [-0.2, -0.15) is 5.10 Å². The molecule has 2 aliphatic rings. The van der Waals surface area contributed by atoms with E-state index in [1.165, 1.54) is 12.8 Å². The standard InChI is InChI=1S/C15H23N3O2/c1-9-13(8-17(3)16-9)10(2)18-7-11-5-4-6-12(11)14(18)15(19)20/h8,10-12,14H,4-7H2,1-3H3,(H,19,20). The van der Waals surface area contributed by atoms with Gasteiger partial charge in [-0.05, 0) is 38.5 Å². The predicted molar refractivity (Wildman–Crippen MR) is 75.3 cm³/mol. The highest BCUT2D eigenvalue weighted by Crippen LogP contribution is 2.45. The highest BCUT2D eigenvalue weighted by atomic mass is 16.4.